The molecule has 6 heteroatoms. The van der Waals surface area contributed by atoms with Crippen LogP contribution >= 0.6 is 11.8 Å². The largest absolute Gasteiger partial charge is 0.496 e. The number of methoxy groups -OCH3 is 2. The second kappa shape index (κ2) is 9.16. The molecule has 1 atom stereocenters. The van der Waals surface area contributed by atoms with Crippen molar-refractivity contribution in [2.24, 2.45) is 4.99 Å². The molecule has 0 bridgehead atoms. The molecule has 0 aromatic heterocycles. The van der Waals surface area contributed by atoms with E-state index >= 15 is 0 Å². The van der Waals surface area contributed by atoms with Crippen molar-refractivity contribution < 1.29 is 14.2 Å². The van der Waals surface area contributed by atoms with Crippen molar-refractivity contribution in [3.63, 3.8) is 0 Å². The van der Waals surface area contributed by atoms with Gasteiger partial charge in [-0.2, -0.15) is 0 Å². The lowest BCUT2D eigenvalue weighted by Crippen LogP contribution is -2.37. The van der Waals surface area contributed by atoms with E-state index in [1.54, 1.807) is 14.2 Å². The minimum Gasteiger partial charge on any atom is -0.496 e. The first-order valence-corrected chi connectivity index (χ1v) is 12.7. The van der Waals surface area contributed by atoms with Gasteiger partial charge in [0, 0.05) is 23.4 Å². The Bertz CT molecular complexity index is 1240. The highest BCUT2D eigenvalue weighted by Crippen LogP contribution is 2.45. The van der Waals surface area contributed by atoms with Gasteiger partial charge >= 0.3 is 0 Å². The van der Waals surface area contributed by atoms with E-state index in [4.69, 9.17) is 19.2 Å². The Morgan fingerprint density at radius 2 is 1.65 bits per heavy atom. The minimum absolute atomic E-state index is 0.129. The number of hydrogen-bond donors (Lipinski definition) is 0. The monoisotopic (exact) mass is 476 g/mol. The van der Waals surface area contributed by atoms with E-state index in [1.165, 1.54) is 33.4 Å². The highest BCUT2D eigenvalue weighted by molar-refractivity contribution is 8.14. The number of hydrogen-bond acceptors (Lipinski definition) is 6. The third-order valence-electron chi connectivity index (χ3n) is 7.40. The van der Waals surface area contributed by atoms with Crippen LogP contribution in [0.2, 0.25) is 0 Å². The summed E-state index contributed by atoms with van der Waals surface area (Å²) >= 11 is 1.85. The van der Waals surface area contributed by atoms with Crippen LogP contribution in [0.3, 0.4) is 0 Å². The average molecular weight is 477 g/mol. The number of amidine groups is 1. The number of fused-ring (bicyclic) bond motifs is 1. The number of thioether (sulfide) groups is 1. The fraction of sp³-hybridized carbons (Fsp3) is 0.393. The van der Waals surface area contributed by atoms with E-state index in [1.807, 2.05) is 17.8 Å². The van der Waals surface area contributed by atoms with Gasteiger partial charge < -0.3 is 19.1 Å². The van der Waals surface area contributed by atoms with Gasteiger partial charge in [0.05, 0.1) is 39.2 Å². The SMILES string of the molecule is COc1ccc(C=C2COCC3=C2N=C2SCCN2C3c2ccc(OC)c(C)c2C)c(C)c1C. The lowest BCUT2D eigenvalue weighted by atomic mass is 9.87. The Labute approximate surface area is 206 Å². The molecule has 3 aliphatic heterocycles. The number of aliphatic imine (C=N–C) groups is 1. The van der Waals surface area contributed by atoms with Crippen LogP contribution in [0.5, 0.6) is 11.5 Å². The van der Waals surface area contributed by atoms with E-state index in [9.17, 15) is 0 Å². The zero-order chi connectivity index (χ0) is 24.0. The number of benzene rings is 2. The maximum atomic E-state index is 6.18. The second-order valence-corrected chi connectivity index (χ2v) is 10.2. The van der Waals surface area contributed by atoms with Gasteiger partial charge in [-0.3, -0.25) is 0 Å². The van der Waals surface area contributed by atoms with Crippen molar-refractivity contribution in [3.05, 3.63) is 74.5 Å². The zero-order valence-corrected chi connectivity index (χ0v) is 21.6. The predicted molar refractivity (Wildman–Crippen MR) is 140 cm³/mol. The molecule has 3 heterocycles. The molecule has 1 fully saturated rings. The molecule has 178 valence electrons. The first kappa shape index (κ1) is 23.1. The molecule has 34 heavy (non-hydrogen) atoms. The Kier molecular flexibility index (Phi) is 6.21. The highest BCUT2D eigenvalue weighted by atomic mass is 32.2. The molecule has 0 spiro atoms. The summed E-state index contributed by atoms with van der Waals surface area (Å²) in [6.07, 6.45) is 2.25. The van der Waals surface area contributed by atoms with Crippen molar-refractivity contribution in [1.82, 2.24) is 4.90 Å². The van der Waals surface area contributed by atoms with Gasteiger partial charge in [-0.15, -0.1) is 0 Å². The molecule has 0 N–H and O–H groups in total. The maximum Gasteiger partial charge on any atom is 0.165 e. The Morgan fingerprint density at radius 1 is 0.941 bits per heavy atom. The van der Waals surface area contributed by atoms with Crippen molar-refractivity contribution in [3.8, 4) is 11.5 Å². The molecular weight excluding hydrogens is 444 g/mol. The van der Waals surface area contributed by atoms with Gasteiger partial charge in [0.15, 0.2) is 5.17 Å². The molecule has 0 saturated carbocycles. The average Bonchev–Trinajstić information content (AvgIpc) is 3.31. The fourth-order valence-corrected chi connectivity index (χ4v) is 6.17. The van der Waals surface area contributed by atoms with Crippen molar-refractivity contribution in [1.29, 1.82) is 0 Å². The molecule has 2 aromatic carbocycles. The summed E-state index contributed by atoms with van der Waals surface area (Å²) in [7, 11) is 3.46. The molecule has 1 saturated heterocycles. The fourth-order valence-electron chi connectivity index (χ4n) is 5.18. The first-order valence-electron chi connectivity index (χ1n) is 11.7. The molecule has 5 nitrogen and oxygen atoms in total. The van der Waals surface area contributed by atoms with Crippen LogP contribution < -0.4 is 9.47 Å². The highest BCUT2D eigenvalue weighted by Gasteiger charge is 2.39. The van der Waals surface area contributed by atoms with Crippen molar-refractivity contribution >= 4 is 23.0 Å². The van der Waals surface area contributed by atoms with Crippen LogP contribution in [0.4, 0.5) is 0 Å². The van der Waals surface area contributed by atoms with E-state index in [2.05, 4.69) is 56.9 Å². The van der Waals surface area contributed by atoms with Crippen molar-refractivity contribution in [2.45, 2.75) is 33.7 Å². The predicted octanol–water partition coefficient (Wildman–Crippen LogP) is 5.76. The summed E-state index contributed by atoms with van der Waals surface area (Å²) in [5, 5.41) is 1.12. The topological polar surface area (TPSA) is 43.3 Å². The molecule has 1 unspecified atom stereocenters. The minimum atomic E-state index is 0.129. The third kappa shape index (κ3) is 3.73. The molecule has 0 aliphatic carbocycles. The maximum absolute atomic E-state index is 6.18. The summed E-state index contributed by atoms with van der Waals surface area (Å²) in [5.41, 5.74) is 10.8. The van der Waals surface area contributed by atoms with Gasteiger partial charge in [0.25, 0.3) is 0 Å². The lowest BCUT2D eigenvalue weighted by Gasteiger charge is -2.39. The Morgan fingerprint density at radius 3 is 2.38 bits per heavy atom. The summed E-state index contributed by atoms with van der Waals surface area (Å²) in [4.78, 5) is 7.63. The van der Waals surface area contributed by atoms with Crippen LogP contribution in [0.25, 0.3) is 6.08 Å². The number of nitrogens with zero attached hydrogens (tertiary/aromatic N) is 2. The van der Waals surface area contributed by atoms with E-state index in [0.29, 0.717) is 13.2 Å². The third-order valence-corrected chi connectivity index (χ3v) is 8.38. The van der Waals surface area contributed by atoms with Crippen LogP contribution in [-0.2, 0) is 4.74 Å². The van der Waals surface area contributed by atoms with Crippen LogP contribution in [0.15, 0.2) is 46.1 Å². The van der Waals surface area contributed by atoms with Gasteiger partial charge in [-0.25, -0.2) is 4.99 Å². The van der Waals surface area contributed by atoms with Crippen molar-refractivity contribution in [2.75, 3.05) is 39.7 Å². The molecular formula is C28H32N2O3S. The van der Waals surface area contributed by atoms with Crippen LogP contribution in [-0.4, -0.2) is 49.8 Å². The quantitative estimate of drug-likeness (QED) is 0.561. The Hall–Kier alpha value is -2.70. The summed E-state index contributed by atoms with van der Waals surface area (Å²) in [5.74, 6) is 2.91. The first-order chi connectivity index (χ1) is 16.4. The van der Waals surface area contributed by atoms with E-state index < -0.39 is 0 Å². The molecule has 5 rings (SSSR count). The normalized spacial score (nSPS) is 20.9. The molecule has 3 aliphatic rings. The second-order valence-electron chi connectivity index (χ2n) is 9.09. The standard InChI is InChI=1S/C28H32N2O3S/c1-16-18(3)24(31-5)9-7-20(16)13-21-14-33-15-23-26(21)29-28-30(11-12-34-28)27(23)22-8-10-25(32-6)19(4)17(22)2/h7-10,13,27H,11-12,14-15H2,1-6H3. The Balaban J connectivity index is 1.65. The smallest absolute Gasteiger partial charge is 0.165 e. The van der Waals surface area contributed by atoms with Crippen LogP contribution in [0.1, 0.15) is 39.4 Å². The summed E-state index contributed by atoms with van der Waals surface area (Å²) in [6.45, 7) is 10.8. The molecule has 0 radical (unpaired) electrons. The van der Waals surface area contributed by atoms with E-state index in [0.717, 1.165) is 45.8 Å². The van der Waals surface area contributed by atoms with Gasteiger partial charge in [-0.05, 0) is 79.3 Å². The van der Waals surface area contributed by atoms with E-state index in [-0.39, 0.29) is 6.04 Å². The lowest BCUT2D eigenvalue weighted by molar-refractivity contribution is 0.157. The van der Waals surface area contributed by atoms with Gasteiger partial charge in [0.2, 0.25) is 0 Å². The number of rotatable bonds is 4. The summed E-state index contributed by atoms with van der Waals surface area (Å²) < 4.78 is 17.3. The zero-order valence-electron chi connectivity index (χ0n) is 20.8. The molecule has 2 aromatic rings. The molecule has 0 amide bonds. The van der Waals surface area contributed by atoms with Gasteiger partial charge in [-0.1, -0.05) is 23.9 Å². The van der Waals surface area contributed by atoms with Gasteiger partial charge in [0.1, 0.15) is 11.5 Å². The summed E-state index contributed by atoms with van der Waals surface area (Å²) in [6, 6.07) is 8.61. The number of ether oxygens (including phenoxy) is 3. The van der Waals surface area contributed by atoms with Crippen LogP contribution in [0, 0.1) is 27.7 Å².